The molecule has 0 aromatic rings. The average Bonchev–Trinajstić information content (AvgIpc) is 2.96. The molecule has 1 N–H and O–H groups in total. The monoisotopic (exact) mass is 297 g/mol. The highest BCUT2D eigenvalue weighted by molar-refractivity contribution is 4.90. The van der Waals surface area contributed by atoms with Gasteiger partial charge in [0.15, 0.2) is 0 Å². The summed E-state index contributed by atoms with van der Waals surface area (Å²) in [5.74, 6) is 0. The van der Waals surface area contributed by atoms with E-state index in [1.165, 1.54) is 89.9 Å². The molecule has 21 heavy (non-hydrogen) atoms. The zero-order chi connectivity index (χ0) is 15.2. The molecule has 1 fully saturated rings. The van der Waals surface area contributed by atoms with Gasteiger partial charge in [0.2, 0.25) is 0 Å². The van der Waals surface area contributed by atoms with E-state index in [0.29, 0.717) is 5.54 Å². The lowest BCUT2D eigenvalue weighted by atomic mass is 9.87. The summed E-state index contributed by atoms with van der Waals surface area (Å²) in [6.45, 7) is 6.28. The molecule has 1 aliphatic rings. The molecule has 0 amide bonds. The van der Waals surface area contributed by atoms with Gasteiger partial charge in [0.05, 0.1) is 13.3 Å². The third-order valence-corrected chi connectivity index (χ3v) is 4.95. The van der Waals surface area contributed by atoms with Crippen LogP contribution in [0.5, 0.6) is 0 Å². The van der Waals surface area contributed by atoms with Crippen molar-refractivity contribution in [1.82, 2.24) is 5.32 Å². The number of unbranched alkanes of at least 4 members (excludes halogenated alkanes) is 10. The first kappa shape index (κ1) is 19.0. The standard InChI is InChI=1S/C19H39NO/c1-3-5-7-9-10-11-12-14-16-19(17-21-18-20-19)15-13-8-6-4-2/h20H,3-18H2,1-2H3. The van der Waals surface area contributed by atoms with Crippen molar-refractivity contribution in [2.24, 2.45) is 0 Å². The van der Waals surface area contributed by atoms with Gasteiger partial charge in [-0.15, -0.1) is 0 Å². The Morgan fingerprint density at radius 2 is 1.19 bits per heavy atom. The van der Waals surface area contributed by atoms with Gasteiger partial charge < -0.3 is 4.74 Å². The molecule has 1 aliphatic heterocycles. The van der Waals surface area contributed by atoms with Gasteiger partial charge in [-0.3, -0.25) is 5.32 Å². The van der Waals surface area contributed by atoms with Crippen LogP contribution in [-0.4, -0.2) is 18.9 Å². The zero-order valence-corrected chi connectivity index (χ0v) is 14.7. The number of nitrogens with one attached hydrogen (secondary N) is 1. The Hall–Kier alpha value is -0.0800. The first-order valence-corrected chi connectivity index (χ1v) is 9.66. The summed E-state index contributed by atoms with van der Waals surface area (Å²) in [5.41, 5.74) is 0.315. The smallest absolute Gasteiger partial charge is 0.0971 e. The zero-order valence-electron chi connectivity index (χ0n) is 14.7. The molecule has 0 aromatic heterocycles. The van der Waals surface area contributed by atoms with Crippen LogP contribution < -0.4 is 5.32 Å². The molecule has 1 unspecified atom stereocenters. The lowest BCUT2D eigenvalue weighted by molar-refractivity contribution is 0.169. The molecule has 1 rings (SSSR count). The molecule has 0 spiro atoms. The molecule has 0 aromatic carbocycles. The highest BCUT2D eigenvalue weighted by Crippen LogP contribution is 2.26. The second-order valence-electron chi connectivity index (χ2n) is 6.99. The van der Waals surface area contributed by atoms with Gasteiger partial charge in [0.25, 0.3) is 0 Å². The topological polar surface area (TPSA) is 21.3 Å². The van der Waals surface area contributed by atoms with Crippen LogP contribution in [0.1, 0.15) is 104 Å². The van der Waals surface area contributed by atoms with E-state index in [1.54, 1.807) is 0 Å². The SMILES string of the molecule is CCCCCCCCCCC1(CCCCCC)COCN1. The number of hydrogen-bond acceptors (Lipinski definition) is 2. The lowest BCUT2D eigenvalue weighted by Crippen LogP contribution is -2.42. The summed E-state index contributed by atoms with van der Waals surface area (Å²) in [4.78, 5) is 0. The van der Waals surface area contributed by atoms with E-state index in [1.807, 2.05) is 0 Å². The van der Waals surface area contributed by atoms with Crippen molar-refractivity contribution in [2.75, 3.05) is 13.3 Å². The van der Waals surface area contributed by atoms with Crippen LogP contribution in [0.2, 0.25) is 0 Å². The minimum atomic E-state index is 0.315. The van der Waals surface area contributed by atoms with Crippen LogP contribution in [0, 0.1) is 0 Å². The predicted molar refractivity (Wildman–Crippen MR) is 92.7 cm³/mol. The molecule has 0 saturated carbocycles. The van der Waals surface area contributed by atoms with Crippen LogP contribution in [0.4, 0.5) is 0 Å². The van der Waals surface area contributed by atoms with Crippen LogP contribution >= 0.6 is 0 Å². The molecule has 2 heteroatoms. The highest BCUT2D eigenvalue weighted by Gasteiger charge is 2.32. The average molecular weight is 298 g/mol. The van der Waals surface area contributed by atoms with Crippen molar-refractivity contribution in [2.45, 2.75) is 109 Å². The van der Waals surface area contributed by atoms with Gasteiger partial charge in [0.1, 0.15) is 0 Å². The summed E-state index contributed by atoms with van der Waals surface area (Å²) in [5, 5.41) is 3.64. The molecule has 1 heterocycles. The minimum Gasteiger partial charge on any atom is -0.364 e. The van der Waals surface area contributed by atoms with E-state index in [-0.39, 0.29) is 0 Å². The van der Waals surface area contributed by atoms with E-state index in [0.717, 1.165) is 13.3 Å². The Morgan fingerprint density at radius 3 is 1.67 bits per heavy atom. The quantitative estimate of drug-likeness (QED) is 0.409. The Morgan fingerprint density at radius 1 is 0.714 bits per heavy atom. The van der Waals surface area contributed by atoms with Crippen LogP contribution in [0.25, 0.3) is 0 Å². The molecule has 0 aliphatic carbocycles. The predicted octanol–water partition coefficient (Wildman–Crippen LogP) is 5.80. The molecule has 1 saturated heterocycles. The van der Waals surface area contributed by atoms with Crippen molar-refractivity contribution in [3.8, 4) is 0 Å². The van der Waals surface area contributed by atoms with Gasteiger partial charge in [-0.05, 0) is 12.8 Å². The Labute approximate surface area is 133 Å². The summed E-state index contributed by atoms with van der Waals surface area (Å²) in [6, 6.07) is 0. The molecule has 126 valence electrons. The third kappa shape index (κ3) is 8.83. The van der Waals surface area contributed by atoms with Gasteiger partial charge in [-0.25, -0.2) is 0 Å². The number of ether oxygens (including phenoxy) is 1. The van der Waals surface area contributed by atoms with E-state index >= 15 is 0 Å². The summed E-state index contributed by atoms with van der Waals surface area (Å²) >= 11 is 0. The second kappa shape index (κ2) is 12.5. The van der Waals surface area contributed by atoms with Gasteiger partial charge in [0, 0.05) is 5.54 Å². The molecule has 2 nitrogen and oxygen atoms in total. The van der Waals surface area contributed by atoms with Gasteiger partial charge >= 0.3 is 0 Å². The van der Waals surface area contributed by atoms with Crippen LogP contribution in [0.15, 0.2) is 0 Å². The Balaban J connectivity index is 2.05. The highest BCUT2D eigenvalue weighted by atomic mass is 16.5. The van der Waals surface area contributed by atoms with Crippen LogP contribution in [0.3, 0.4) is 0 Å². The van der Waals surface area contributed by atoms with E-state index in [2.05, 4.69) is 19.2 Å². The fraction of sp³-hybridized carbons (Fsp3) is 1.00. The molecule has 0 bridgehead atoms. The largest absolute Gasteiger partial charge is 0.364 e. The van der Waals surface area contributed by atoms with Crippen LogP contribution in [-0.2, 0) is 4.74 Å². The van der Waals surface area contributed by atoms with E-state index in [4.69, 9.17) is 4.74 Å². The fourth-order valence-corrected chi connectivity index (χ4v) is 3.44. The molecule has 0 radical (unpaired) electrons. The van der Waals surface area contributed by atoms with Gasteiger partial charge in [-0.1, -0.05) is 90.9 Å². The fourth-order valence-electron chi connectivity index (χ4n) is 3.44. The first-order chi connectivity index (χ1) is 10.3. The Kier molecular flexibility index (Phi) is 11.3. The maximum Gasteiger partial charge on any atom is 0.0971 e. The lowest BCUT2D eigenvalue weighted by Gasteiger charge is -2.28. The molecular formula is C19H39NO. The van der Waals surface area contributed by atoms with Crippen molar-refractivity contribution in [3.63, 3.8) is 0 Å². The number of hydrogen-bond donors (Lipinski definition) is 1. The van der Waals surface area contributed by atoms with E-state index < -0.39 is 0 Å². The Bertz CT molecular complexity index is 224. The third-order valence-electron chi connectivity index (χ3n) is 4.95. The van der Waals surface area contributed by atoms with E-state index in [9.17, 15) is 0 Å². The second-order valence-corrected chi connectivity index (χ2v) is 6.99. The maximum absolute atomic E-state index is 5.63. The first-order valence-electron chi connectivity index (χ1n) is 9.66. The normalized spacial score (nSPS) is 22.0. The van der Waals surface area contributed by atoms with Crippen molar-refractivity contribution in [3.05, 3.63) is 0 Å². The minimum absolute atomic E-state index is 0.315. The van der Waals surface area contributed by atoms with Crippen molar-refractivity contribution >= 4 is 0 Å². The summed E-state index contributed by atoms with van der Waals surface area (Å²) in [7, 11) is 0. The number of rotatable bonds is 14. The van der Waals surface area contributed by atoms with Crippen molar-refractivity contribution in [1.29, 1.82) is 0 Å². The molecule has 1 atom stereocenters. The maximum atomic E-state index is 5.63. The summed E-state index contributed by atoms with van der Waals surface area (Å²) < 4.78 is 5.63. The summed E-state index contributed by atoms with van der Waals surface area (Å²) in [6.07, 6.45) is 19.4. The van der Waals surface area contributed by atoms with Crippen molar-refractivity contribution < 1.29 is 4.74 Å². The van der Waals surface area contributed by atoms with Gasteiger partial charge in [-0.2, -0.15) is 0 Å². The molecular weight excluding hydrogens is 258 g/mol.